The summed E-state index contributed by atoms with van der Waals surface area (Å²) in [5.41, 5.74) is -0.780. The van der Waals surface area contributed by atoms with E-state index in [1.807, 2.05) is 0 Å². The van der Waals surface area contributed by atoms with Crippen LogP contribution in [0.3, 0.4) is 0 Å². The van der Waals surface area contributed by atoms with Crippen LogP contribution in [0.15, 0.2) is 18.2 Å². The summed E-state index contributed by atoms with van der Waals surface area (Å²) in [6.45, 7) is 6.05. The van der Waals surface area contributed by atoms with Crippen LogP contribution in [0.5, 0.6) is 5.75 Å². The monoisotopic (exact) mass is 268 g/mol. The van der Waals surface area contributed by atoms with Crippen molar-refractivity contribution in [3.8, 4) is 5.75 Å². The minimum Gasteiger partial charge on any atom is -0.481 e. The Morgan fingerprint density at radius 1 is 1.26 bits per heavy atom. The third kappa shape index (κ3) is 4.69. The van der Waals surface area contributed by atoms with Gasteiger partial charge in [0.15, 0.2) is 12.4 Å². The number of hydrogen-bond donors (Lipinski definition) is 0. The molecule has 0 N–H and O–H groups in total. The van der Waals surface area contributed by atoms with Crippen LogP contribution in [-0.2, 0) is 9.53 Å². The lowest BCUT2D eigenvalue weighted by Gasteiger charge is -2.19. The van der Waals surface area contributed by atoms with E-state index < -0.39 is 23.2 Å². The number of halogens is 1. The molecule has 1 aromatic rings. The first kappa shape index (κ1) is 15.1. The van der Waals surface area contributed by atoms with Crippen molar-refractivity contribution in [1.29, 1.82) is 0 Å². The van der Waals surface area contributed by atoms with Gasteiger partial charge in [-0.3, -0.25) is 4.79 Å². The molecule has 0 saturated carbocycles. The lowest BCUT2D eigenvalue weighted by atomic mass is 10.1. The number of ether oxygens (including phenoxy) is 2. The van der Waals surface area contributed by atoms with Gasteiger partial charge in [-0.1, -0.05) is 6.07 Å². The summed E-state index contributed by atoms with van der Waals surface area (Å²) in [5.74, 6) is -1.67. The van der Waals surface area contributed by atoms with Gasteiger partial charge >= 0.3 is 5.97 Å². The largest absolute Gasteiger partial charge is 0.481 e. The van der Waals surface area contributed by atoms with Crippen molar-refractivity contribution in [2.75, 3.05) is 6.61 Å². The number of benzene rings is 1. The van der Waals surface area contributed by atoms with Gasteiger partial charge in [0.05, 0.1) is 5.56 Å². The third-order valence-electron chi connectivity index (χ3n) is 2.09. The molecule has 0 atom stereocenters. The molecule has 5 heteroatoms. The van der Waals surface area contributed by atoms with E-state index in [1.165, 1.54) is 19.1 Å². The smallest absolute Gasteiger partial charge is 0.344 e. The Morgan fingerprint density at radius 2 is 1.89 bits per heavy atom. The first-order valence-electron chi connectivity index (χ1n) is 5.85. The SMILES string of the molecule is CC(=O)c1c(F)cccc1OCC(=O)OC(C)(C)C. The van der Waals surface area contributed by atoms with E-state index in [1.54, 1.807) is 20.8 Å². The molecule has 0 amide bonds. The predicted molar refractivity (Wildman–Crippen MR) is 67.7 cm³/mol. The zero-order valence-corrected chi connectivity index (χ0v) is 11.5. The lowest BCUT2D eigenvalue weighted by molar-refractivity contribution is -0.157. The molecule has 0 aliphatic carbocycles. The van der Waals surface area contributed by atoms with Gasteiger partial charge in [0, 0.05) is 0 Å². The molecule has 4 nitrogen and oxygen atoms in total. The molecule has 0 aromatic heterocycles. The van der Waals surface area contributed by atoms with Crippen LogP contribution < -0.4 is 4.74 Å². The van der Waals surface area contributed by atoms with Gasteiger partial charge in [-0.25, -0.2) is 9.18 Å². The van der Waals surface area contributed by atoms with E-state index >= 15 is 0 Å². The van der Waals surface area contributed by atoms with Gasteiger partial charge in [0.1, 0.15) is 17.2 Å². The summed E-state index contributed by atoms with van der Waals surface area (Å²) in [5, 5.41) is 0. The normalized spacial score (nSPS) is 11.0. The van der Waals surface area contributed by atoms with Crippen LogP contribution in [0.1, 0.15) is 38.1 Å². The van der Waals surface area contributed by atoms with E-state index in [0.29, 0.717) is 0 Å². The summed E-state index contributed by atoms with van der Waals surface area (Å²) in [6.07, 6.45) is 0. The Labute approximate surface area is 111 Å². The van der Waals surface area contributed by atoms with Crippen LogP contribution in [0, 0.1) is 5.82 Å². The Kier molecular flexibility index (Phi) is 4.64. The average Bonchev–Trinajstić information content (AvgIpc) is 2.23. The van der Waals surface area contributed by atoms with Gasteiger partial charge in [0.25, 0.3) is 0 Å². The van der Waals surface area contributed by atoms with Crippen LogP contribution in [-0.4, -0.2) is 24.0 Å². The molecule has 0 bridgehead atoms. The van der Waals surface area contributed by atoms with Crippen molar-refractivity contribution in [3.05, 3.63) is 29.6 Å². The molecular weight excluding hydrogens is 251 g/mol. The van der Waals surface area contributed by atoms with Crippen LogP contribution in [0.4, 0.5) is 4.39 Å². The second kappa shape index (κ2) is 5.82. The molecule has 0 radical (unpaired) electrons. The minimum absolute atomic E-state index is 0.0401. The maximum Gasteiger partial charge on any atom is 0.344 e. The molecule has 0 aliphatic rings. The highest BCUT2D eigenvalue weighted by molar-refractivity contribution is 5.97. The van der Waals surface area contributed by atoms with Gasteiger partial charge < -0.3 is 9.47 Å². The molecule has 104 valence electrons. The molecule has 0 aliphatic heterocycles. The highest BCUT2D eigenvalue weighted by atomic mass is 19.1. The summed E-state index contributed by atoms with van der Waals surface area (Å²) in [7, 11) is 0. The summed E-state index contributed by atoms with van der Waals surface area (Å²) < 4.78 is 23.7. The van der Waals surface area contributed by atoms with Crippen LogP contribution in [0.25, 0.3) is 0 Å². The van der Waals surface area contributed by atoms with Gasteiger partial charge in [0.2, 0.25) is 0 Å². The number of hydrogen-bond acceptors (Lipinski definition) is 4. The van der Waals surface area contributed by atoms with E-state index in [-0.39, 0.29) is 17.9 Å². The first-order valence-corrected chi connectivity index (χ1v) is 5.85. The maximum absolute atomic E-state index is 13.5. The predicted octanol–water partition coefficient (Wildman–Crippen LogP) is 2.75. The zero-order valence-electron chi connectivity index (χ0n) is 11.5. The second-order valence-electron chi connectivity index (χ2n) is 5.04. The van der Waals surface area contributed by atoms with Crippen molar-refractivity contribution in [2.24, 2.45) is 0 Å². The van der Waals surface area contributed by atoms with Crippen LogP contribution in [0.2, 0.25) is 0 Å². The average molecular weight is 268 g/mol. The van der Waals surface area contributed by atoms with E-state index in [0.717, 1.165) is 6.07 Å². The molecule has 1 rings (SSSR count). The Bertz CT molecular complexity index is 489. The number of Topliss-reactive ketones (excluding diaryl/α,β-unsaturated/α-hetero) is 1. The van der Waals surface area contributed by atoms with Crippen molar-refractivity contribution in [3.63, 3.8) is 0 Å². The Balaban J connectivity index is 2.76. The second-order valence-corrected chi connectivity index (χ2v) is 5.04. The quantitative estimate of drug-likeness (QED) is 0.622. The zero-order chi connectivity index (χ0) is 14.6. The standard InChI is InChI=1S/C14H17FO4/c1-9(16)13-10(15)6-5-7-11(13)18-8-12(17)19-14(2,3)4/h5-7H,8H2,1-4H3. The Morgan fingerprint density at radius 3 is 2.42 bits per heavy atom. The van der Waals surface area contributed by atoms with Crippen LogP contribution >= 0.6 is 0 Å². The maximum atomic E-state index is 13.5. The fourth-order valence-electron chi connectivity index (χ4n) is 1.47. The lowest BCUT2D eigenvalue weighted by Crippen LogP contribution is -2.27. The van der Waals surface area contributed by atoms with Crippen molar-refractivity contribution in [2.45, 2.75) is 33.3 Å². The van der Waals surface area contributed by atoms with E-state index in [4.69, 9.17) is 9.47 Å². The topological polar surface area (TPSA) is 52.6 Å². The molecule has 0 unspecified atom stereocenters. The fraction of sp³-hybridized carbons (Fsp3) is 0.429. The summed E-state index contributed by atoms with van der Waals surface area (Å²) >= 11 is 0. The fourth-order valence-corrected chi connectivity index (χ4v) is 1.47. The van der Waals surface area contributed by atoms with Gasteiger partial charge in [-0.15, -0.1) is 0 Å². The highest BCUT2D eigenvalue weighted by Crippen LogP contribution is 2.22. The van der Waals surface area contributed by atoms with Crippen molar-refractivity contribution >= 4 is 11.8 Å². The van der Waals surface area contributed by atoms with Crippen molar-refractivity contribution < 1.29 is 23.5 Å². The van der Waals surface area contributed by atoms with E-state index in [2.05, 4.69) is 0 Å². The number of rotatable bonds is 4. The van der Waals surface area contributed by atoms with E-state index in [9.17, 15) is 14.0 Å². The third-order valence-corrected chi connectivity index (χ3v) is 2.09. The molecular formula is C14H17FO4. The molecule has 1 aromatic carbocycles. The molecule has 0 fully saturated rings. The number of esters is 1. The summed E-state index contributed by atoms with van der Waals surface area (Å²) in [4.78, 5) is 22.8. The molecule has 0 saturated heterocycles. The molecule has 0 heterocycles. The summed E-state index contributed by atoms with van der Waals surface area (Å²) in [6, 6.07) is 4.01. The number of ketones is 1. The minimum atomic E-state index is -0.672. The number of carbonyl (C=O) groups excluding carboxylic acids is 2. The Hall–Kier alpha value is -1.91. The highest BCUT2D eigenvalue weighted by Gasteiger charge is 2.19. The van der Waals surface area contributed by atoms with Gasteiger partial charge in [-0.2, -0.15) is 0 Å². The first-order chi connectivity index (χ1) is 8.70. The van der Waals surface area contributed by atoms with Crippen molar-refractivity contribution in [1.82, 2.24) is 0 Å². The number of carbonyl (C=O) groups is 2. The van der Waals surface area contributed by atoms with Gasteiger partial charge in [-0.05, 0) is 39.8 Å². The molecule has 19 heavy (non-hydrogen) atoms. The molecule has 0 spiro atoms.